The Balaban J connectivity index is 0.00000121. The van der Waals surface area contributed by atoms with Crippen molar-refractivity contribution in [1.29, 1.82) is 0 Å². The number of nitrogens with one attached hydrogen (secondary N) is 1. The normalized spacial score (nSPS) is 9.25. The standard InChI is InChI=1S/C8H9BrClN.ClH/c1-11-5-6-2-3-7(9)4-8(6)10;/h2-4,11H,5H2,1H3;1H. The molecule has 0 heterocycles. The van der Waals surface area contributed by atoms with Gasteiger partial charge in [0, 0.05) is 16.0 Å². The van der Waals surface area contributed by atoms with Crippen molar-refractivity contribution >= 4 is 39.9 Å². The van der Waals surface area contributed by atoms with Gasteiger partial charge in [-0.3, -0.25) is 0 Å². The number of hydrogen-bond donors (Lipinski definition) is 1. The molecule has 1 N–H and O–H groups in total. The highest BCUT2D eigenvalue weighted by atomic mass is 79.9. The molecule has 4 heteroatoms. The molecular weight excluding hydrogens is 261 g/mol. The maximum Gasteiger partial charge on any atom is 0.0462 e. The lowest BCUT2D eigenvalue weighted by Crippen LogP contribution is -2.05. The van der Waals surface area contributed by atoms with Crippen LogP contribution in [0.4, 0.5) is 0 Å². The fourth-order valence-electron chi connectivity index (χ4n) is 0.855. The predicted molar refractivity (Wildman–Crippen MR) is 59.2 cm³/mol. The zero-order valence-corrected chi connectivity index (χ0v) is 9.76. The van der Waals surface area contributed by atoms with Gasteiger partial charge in [-0.1, -0.05) is 33.6 Å². The molecule has 0 aliphatic carbocycles. The van der Waals surface area contributed by atoms with Crippen LogP contribution < -0.4 is 5.32 Å². The summed E-state index contributed by atoms with van der Waals surface area (Å²) in [5.41, 5.74) is 1.12. The lowest BCUT2D eigenvalue weighted by molar-refractivity contribution is 0.818. The predicted octanol–water partition coefficient (Wildman–Crippen LogP) is 3.24. The molecule has 0 saturated heterocycles. The van der Waals surface area contributed by atoms with Gasteiger partial charge < -0.3 is 5.32 Å². The van der Waals surface area contributed by atoms with Crippen molar-refractivity contribution in [3.8, 4) is 0 Å². The van der Waals surface area contributed by atoms with Crippen molar-refractivity contribution in [2.24, 2.45) is 0 Å². The summed E-state index contributed by atoms with van der Waals surface area (Å²) in [5.74, 6) is 0. The molecule has 0 spiro atoms. The maximum absolute atomic E-state index is 5.94. The Bertz CT molecular complexity index is 253. The van der Waals surface area contributed by atoms with E-state index in [2.05, 4.69) is 21.2 Å². The van der Waals surface area contributed by atoms with E-state index in [1.807, 2.05) is 25.2 Å². The molecule has 0 radical (unpaired) electrons. The number of hydrogen-bond acceptors (Lipinski definition) is 1. The van der Waals surface area contributed by atoms with Crippen LogP contribution in [0.25, 0.3) is 0 Å². The van der Waals surface area contributed by atoms with E-state index in [0.717, 1.165) is 21.6 Å². The summed E-state index contributed by atoms with van der Waals surface area (Å²) in [6.07, 6.45) is 0. The Morgan fingerprint density at radius 2 is 2.17 bits per heavy atom. The van der Waals surface area contributed by atoms with Gasteiger partial charge in [0.15, 0.2) is 0 Å². The van der Waals surface area contributed by atoms with Gasteiger partial charge in [-0.2, -0.15) is 0 Å². The molecule has 0 bridgehead atoms. The second-order valence-electron chi connectivity index (χ2n) is 2.27. The summed E-state index contributed by atoms with van der Waals surface area (Å²) in [5, 5.41) is 3.84. The first kappa shape index (κ1) is 12.2. The molecule has 0 fully saturated rings. The molecular formula is C8H10BrCl2N. The highest BCUT2D eigenvalue weighted by molar-refractivity contribution is 9.10. The van der Waals surface area contributed by atoms with Gasteiger partial charge in [0.25, 0.3) is 0 Å². The van der Waals surface area contributed by atoms with E-state index in [1.165, 1.54) is 0 Å². The third-order valence-corrected chi connectivity index (χ3v) is 2.23. The van der Waals surface area contributed by atoms with Crippen molar-refractivity contribution < 1.29 is 0 Å². The SMILES string of the molecule is CNCc1ccc(Br)cc1Cl.Cl. The van der Waals surface area contributed by atoms with Crippen molar-refractivity contribution in [3.05, 3.63) is 33.3 Å². The minimum absolute atomic E-state index is 0. The van der Waals surface area contributed by atoms with Crippen molar-refractivity contribution in [2.75, 3.05) is 7.05 Å². The average molecular weight is 271 g/mol. The summed E-state index contributed by atoms with van der Waals surface area (Å²) >= 11 is 9.28. The van der Waals surface area contributed by atoms with E-state index in [-0.39, 0.29) is 12.4 Å². The molecule has 0 amide bonds. The average Bonchev–Trinajstić information content (AvgIpc) is 1.95. The second kappa shape index (κ2) is 5.81. The smallest absolute Gasteiger partial charge is 0.0462 e. The molecule has 68 valence electrons. The number of benzene rings is 1. The molecule has 0 unspecified atom stereocenters. The molecule has 0 saturated carbocycles. The zero-order valence-electron chi connectivity index (χ0n) is 6.60. The minimum Gasteiger partial charge on any atom is -0.316 e. The van der Waals surface area contributed by atoms with Gasteiger partial charge in [0.2, 0.25) is 0 Å². The van der Waals surface area contributed by atoms with Gasteiger partial charge in [-0.25, -0.2) is 0 Å². The number of halogens is 3. The third-order valence-electron chi connectivity index (χ3n) is 1.38. The molecule has 1 nitrogen and oxygen atoms in total. The zero-order chi connectivity index (χ0) is 8.27. The number of rotatable bonds is 2. The quantitative estimate of drug-likeness (QED) is 0.870. The van der Waals surface area contributed by atoms with Gasteiger partial charge in [0.05, 0.1) is 0 Å². The van der Waals surface area contributed by atoms with Crippen molar-refractivity contribution in [1.82, 2.24) is 5.32 Å². The lowest BCUT2D eigenvalue weighted by atomic mass is 10.2. The third kappa shape index (κ3) is 3.31. The van der Waals surface area contributed by atoms with Crippen LogP contribution in [0.15, 0.2) is 22.7 Å². The van der Waals surface area contributed by atoms with Crippen LogP contribution in [0.3, 0.4) is 0 Å². The minimum atomic E-state index is 0. The summed E-state index contributed by atoms with van der Waals surface area (Å²) in [6, 6.07) is 5.88. The van der Waals surface area contributed by atoms with Crippen LogP contribution in [0.1, 0.15) is 5.56 Å². The summed E-state index contributed by atoms with van der Waals surface area (Å²) in [6.45, 7) is 0.812. The van der Waals surface area contributed by atoms with Crippen LogP contribution in [0, 0.1) is 0 Å². The van der Waals surface area contributed by atoms with E-state index in [1.54, 1.807) is 0 Å². The van der Waals surface area contributed by atoms with Gasteiger partial charge in [-0.15, -0.1) is 12.4 Å². The molecule has 1 aromatic rings. The summed E-state index contributed by atoms with van der Waals surface area (Å²) in [4.78, 5) is 0. The Morgan fingerprint density at radius 3 is 2.67 bits per heavy atom. The maximum atomic E-state index is 5.94. The molecule has 0 aromatic heterocycles. The van der Waals surface area contributed by atoms with E-state index in [4.69, 9.17) is 11.6 Å². The van der Waals surface area contributed by atoms with Crippen molar-refractivity contribution in [2.45, 2.75) is 6.54 Å². The molecule has 1 aromatic carbocycles. The molecule has 0 atom stereocenters. The topological polar surface area (TPSA) is 12.0 Å². The highest BCUT2D eigenvalue weighted by Crippen LogP contribution is 2.20. The monoisotopic (exact) mass is 269 g/mol. The van der Waals surface area contributed by atoms with Crippen LogP contribution >= 0.6 is 39.9 Å². The van der Waals surface area contributed by atoms with Crippen LogP contribution in [0.2, 0.25) is 5.02 Å². The fraction of sp³-hybridized carbons (Fsp3) is 0.250. The first-order chi connectivity index (χ1) is 5.24. The van der Waals surface area contributed by atoms with E-state index in [0.29, 0.717) is 0 Å². The molecule has 0 aliphatic heterocycles. The van der Waals surface area contributed by atoms with Crippen molar-refractivity contribution in [3.63, 3.8) is 0 Å². The van der Waals surface area contributed by atoms with E-state index >= 15 is 0 Å². The van der Waals surface area contributed by atoms with Crippen LogP contribution in [-0.4, -0.2) is 7.05 Å². The second-order valence-corrected chi connectivity index (χ2v) is 3.59. The molecule has 0 aliphatic rings. The first-order valence-electron chi connectivity index (χ1n) is 3.32. The van der Waals surface area contributed by atoms with E-state index in [9.17, 15) is 0 Å². The van der Waals surface area contributed by atoms with Gasteiger partial charge in [0.1, 0.15) is 0 Å². The lowest BCUT2D eigenvalue weighted by Gasteiger charge is -2.02. The highest BCUT2D eigenvalue weighted by Gasteiger charge is 1.98. The van der Waals surface area contributed by atoms with Gasteiger partial charge in [-0.05, 0) is 24.7 Å². The van der Waals surface area contributed by atoms with Gasteiger partial charge >= 0.3 is 0 Å². The summed E-state index contributed by atoms with van der Waals surface area (Å²) in [7, 11) is 1.90. The van der Waals surface area contributed by atoms with Crippen LogP contribution in [-0.2, 0) is 6.54 Å². The Labute approximate surface area is 92.0 Å². The molecule has 12 heavy (non-hydrogen) atoms. The molecule has 1 rings (SSSR count). The van der Waals surface area contributed by atoms with Crippen LogP contribution in [0.5, 0.6) is 0 Å². The van der Waals surface area contributed by atoms with E-state index < -0.39 is 0 Å². The Morgan fingerprint density at radius 1 is 1.50 bits per heavy atom. The largest absolute Gasteiger partial charge is 0.316 e. The summed E-state index contributed by atoms with van der Waals surface area (Å²) < 4.78 is 1.02. The fourth-order valence-corrected chi connectivity index (χ4v) is 1.60. The Hall–Kier alpha value is 0.240. The first-order valence-corrected chi connectivity index (χ1v) is 4.49. The Kier molecular flexibility index (Phi) is 5.93.